The lowest BCUT2D eigenvalue weighted by molar-refractivity contribution is 0.263. The summed E-state index contributed by atoms with van der Waals surface area (Å²) in [6, 6.07) is 0. The minimum atomic E-state index is 0.309. The average Bonchev–Trinajstić information content (AvgIpc) is 1.88. The van der Waals surface area contributed by atoms with Crippen LogP contribution < -0.4 is 0 Å². The van der Waals surface area contributed by atoms with E-state index in [0.717, 1.165) is 23.5 Å². The summed E-state index contributed by atoms with van der Waals surface area (Å²) < 4.78 is 0. The SMILES string of the molecule is OCCC(CBr)CCBr. The number of rotatable bonds is 5. The van der Waals surface area contributed by atoms with Gasteiger partial charge in [0.25, 0.3) is 0 Å². The highest BCUT2D eigenvalue weighted by Gasteiger charge is 2.03. The van der Waals surface area contributed by atoms with E-state index >= 15 is 0 Å². The maximum Gasteiger partial charge on any atom is 0.0433 e. The minimum Gasteiger partial charge on any atom is -0.396 e. The van der Waals surface area contributed by atoms with Crippen molar-refractivity contribution in [3.63, 3.8) is 0 Å². The number of alkyl halides is 2. The first-order chi connectivity index (χ1) is 4.35. The lowest BCUT2D eigenvalue weighted by Crippen LogP contribution is -2.04. The molecule has 0 heterocycles. The van der Waals surface area contributed by atoms with Crippen LogP contribution in [-0.2, 0) is 0 Å². The van der Waals surface area contributed by atoms with Gasteiger partial charge in [0, 0.05) is 17.3 Å². The molecule has 0 saturated carbocycles. The summed E-state index contributed by atoms with van der Waals surface area (Å²) in [4.78, 5) is 0. The highest BCUT2D eigenvalue weighted by molar-refractivity contribution is 9.09. The third-order valence-corrected chi connectivity index (χ3v) is 2.65. The molecular weight excluding hydrogens is 248 g/mol. The Balaban J connectivity index is 3.18. The van der Waals surface area contributed by atoms with E-state index in [1.54, 1.807) is 0 Å². The molecule has 0 rings (SSSR count). The summed E-state index contributed by atoms with van der Waals surface area (Å²) in [6.45, 7) is 0.309. The Bertz CT molecular complexity index is 53.0. The highest BCUT2D eigenvalue weighted by Crippen LogP contribution is 2.12. The average molecular weight is 260 g/mol. The van der Waals surface area contributed by atoms with E-state index in [2.05, 4.69) is 31.9 Å². The number of aliphatic hydroxyl groups excluding tert-OH is 1. The zero-order valence-corrected chi connectivity index (χ0v) is 8.49. The van der Waals surface area contributed by atoms with Crippen molar-refractivity contribution >= 4 is 31.9 Å². The van der Waals surface area contributed by atoms with E-state index in [4.69, 9.17) is 5.11 Å². The molecule has 1 N–H and O–H groups in total. The number of aliphatic hydroxyl groups is 1. The molecule has 0 fully saturated rings. The Hall–Kier alpha value is 0.920. The molecule has 0 aromatic carbocycles. The maximum atomic E-state index is 8.56. The highest BCUT2D eigenvalue weighted by atomic mass is 79.9. The van der Waals surface area contributed by atoms with E-state index in [-0.39, 0.29) is 0 Å². The monoisotopic (exact) mass is 258 g/mol. The second-order valence-corrected chi connectivity index (χ2v) is 3.45. The summed E-state index contributed by atoms with van der Waals surface area (Å²) in [6.07, 6.45) is 2.06. The lowest BCUT2D eigenvalue weighted by Gasteiger charge is -2.08. The Kier molecular flexibility index (Phi) is 7.75. The van der Waals surface area contributed by atoms with Gasteiger partial charge in [0.1, 0.15) is 0 Å². The minimum absolute atomic E-state index is 0.309. The van der Waals surface area contributed by atoms with Gasteiger partial charge in [0.2, 0.25) is 0 Å². The van der Waals surface area contributed by atoms with E-state index in [0.29, 0.717) is 12.5 Å². The van der Waals surface area contributed by atoms with Gasteiger partial charge in [0.05, 0.1) is 0 Å². The summed E-state index contributed by atoms with van der Waals surface area (Å²) in [5.74, 6) is 0.634. The molecule has 0 spiro atoms. The number of hydrogen-bond donors (Lipinski definition) is 1. The molecule has 1 nitrogen and oxygen atoms in total. The molecule has 0 radical (unpaired) electrons. The Morgan fingerprint density at radius 2 is 1.89 bits per heavy atom. The van der Waals surface area contributed by atoms with E-state index in [1.165, 1.54) is 0 Å². The molecule has 0 saturated heterocycles. The van der Waals surface area contributed by atoms with Crippen LogP contribution in [0.4, 0.5) is 0 Å². The normalized spacial score (nSPS) is 13.7. The van der Waals surface area contributed by atoms with Crippen LogP contribution >= 0.6 is 31.9 Å². The van der Waals surface area contributed by atoms with Gasteiger partial charge < -0.3 is 5.11 Å². The van der Waals surface area contributed by atoms with Crippen molar-refractivity contribution in [3.8, 4) is 0 Å². The summed E-state index contributed by atoms with van der Waals surface area (Å²) >= 11 is 6.74. The topological polar surface area (TPSA) is 20.2 Å². The molecule has 3 heteroatoms. The molecule has 1 unspecified atom stereocenters. The first-order valence-electron chi connectivity index (χ1n) is 3.08. The summed E-state index contributed by atoms with van der Waals surface area (Å²) in [7, 11) is 0. The van der Waals surface area contributed by atoms with Crippen LogP contribution in [-0.4, -0.2) is 22.4 Å². The molecule has 0 amide bonds. The molecule has 9 heavy (non-hydrogen) atoms. The van der Waals surface area contributed by atoms with Crippen LogP contribution in [0.2, 0.25) is 0 Å². The largest absolute Gasteiger partial charge is 0.396 e. The second-order valence-electron chi connectivity index (χ2n) is 2.01. The van der Waals surface area contributed by atoms with Gasteiger partial charge in [0.15, 0.2) is 0 Å². The smallest absolute Gasteiger partial charge is 0.0433 e. The zero-order valence-electron chi connectivity index (χ0n) is 5.32. The van der Waals surface area contributed by atoms with Gasteiger partial charge in [-0.25, -0.2) is 0 Å². The quantitative estimate of drug-likeness (QED) is 0.751. The van der Waals surface area contributed by atoms with E-state index < -0.39 is 0 Å². The van der Waals surface area contributed by atoms with Gasteiger partial charge in [-0.1, -0.05) is 31.9 Å². The fourth-order valence-corrected chi connectivity index (χ4v) is 1.93. The predicted octanol–water partition coefficient (Wildman–Crippen LogP) is 2.16. The van der Waals surface area contributed by atoms with Gasteiger partial charge in [-0.15, -0.1) is 0 Å². The van der Waals surface area contributed by atoms with Crippen molar-refractivity contribution in [3.05, 3.63) is 0 Å². The van der Waals surface area contributed by atoms with Crippen LogP contribution in [0, 0.1) is 5.92 Å². The van der Waals surface area contributed by atoms with Crippen molar-refractivity contribution in [2.45, 2.75) is 12.8 Å². The third-order valence-electron chi connectivity index (χ3n) is 1.27. The summed E-state index contributed by atoms with van der Waals surface area (Å²) in [5, 5.41) is 10.6. The predicted molar refractivity (Wildman–Crippen MR) is 47.4 cm³/mol. The fourth-order valence-electron chi connectivity index (χ4n) is 0.636. The molecule has 0 aliphatic heterocycles. The number of halogens is 2. The molecule has 0 aliphatic carbocycles. The van der Waals surface area contributed by atoms with Gasteiger partial charge in [-0.05, 0) is 18.8 Å². The lowest BCUT2D eigenvalue weighted by atomic mass is 10.1. The summed E-state index contributed by atoms with van der Waals surface area (Å²) in [5.41, 5.74) is 0. The zero-order chi connectivity index (χ0) is 7.11. The van der Waals surface area contributed by atoms with Crippen LogP contribution in [0.5, 0.6) is 0 Å². The van der Waals surface area contributed by atoms with Crippen LogP contribution in [0.1, 0.15) is 12.8 Å². The van der Waals surface area contributed by atoms with Crippen LogP contribution in [0.25, 0.3) is 0 Å². The van der Waals surface area contributed by atoms with E-state index in [9.17, 15) is 0 Å². The molecule has 0 aromatic heterocycles. The third kappa shape index (κ3) is 5.37. The van der Waals surface area contributed by atoms with Crippen molar-refractivity contribution in [2.24, 2.45) is 5.92 Å². The fraction of sp³-hybridized carbons (Fsp3) is 1.00. The number of hydrogen-bond acceptors (Lipinski definition) is 1. The molecule has 56 valence electrons. The van der Waals surface area contributed by atoms with Crippen molar-refractivity contribution in [1.82, 2.24) is 0 Å². The van der Waals surface area contributed by atoms with Crippen molar-refractivity contribution in [1.29, 1.82) is 0 Å². The first-order valence-corrected chi connectivity index (χ1v) is 5.32. The van der Waals surface area contributed by atoms with Gasteiger partial charge in [-0.3, -0.25) is 0 Å². The molecular formula is C6H12Br2O. The van der Waals surface area contributed by atoms with Gasteiger partial charge in [-0.2, -0.15) is 0 Å². The van der Waals surface area contributed by atoms with Crippen LogP contribution in [0.15, 0.2) is 0 Å². The van der Waals surface area contributed by atoms with Crippen LogP contribution in [0.3, 0.4) is 0 Å². The van der Waals surface area contributed by atoms with E-state index in [1.807, 2.05) is 0 Å². The Labute approximate surface area is 73.1 Å². The molecule has 0 bridgehead atoms. The van der Waals surface area contributed by atoms with Crippen molar-refractivity contribution in [2.75, 3.05) is 17.3 Å². The van der Waals surface area contributed by atoms with Crippen molar-refractivity contribution < 1.29 is 5.11 Å². The standard InChI is InChI=1S/C6H12Br2O/c7-3-1-6(5-8)2-4-9/h6,9H,1-5H2. The maximum absolute atomic E-state index is 8.56. The Morgan fingerprint density at radius 1 is 1.22 bits per heavy atom. The van der Waals surface area contributed by atoms with Gasteiger partial charge >= 0.3 is 0 Å². The molecule has 1 atom stereocenters. The second kappa shape index (κ2) is 7.03. The first kappa shape index (κ1) is 9.92. The Morgan fingerprint density at radius 3 is 2.22 bits per heavy atom. The molecule has 0 aliphatic rings. The molecule has 0 aromatic rings.